The van der Waals surface area contributed by atoms with E-state index >= 15 is 0 Å². The zero-order valence-electron chi connectivity index (χ0n) is 9.63. The van der Waals surface area contributed by atoms with E-state index in [0.29, 0.717) is 11.5 Å². The minimum atomic E-state index is -0.672. The van der Waals surface area contributed by atoms with Gasteiger partial charge in [-0.2, -0.15) is 0 Å². The summed E-state index contributed by atoms with van der Waals surface area (Å²) < 4.78 is 18.7. The first kappa shape index (κ1) is 12.5. The fourth-order valence-corrected chi connectivity index (χ4v) is 1.68. The molecule has 0 atom stereocenters. The van der Waals surface area contributed by atoms with Crippen molar-refractivity contribution in [2.75, 3.05) is 16.8 Å². The zero-order valence-corrected chi connectivity index (χ0v) is 10.4. The molecule has 1 aromatic carbocycles. The van der Waals surface area contributed by atoms with E-state index in [1.54, 1.807) is 13.0 Å². The number of nitrogens with two attached hydrogens (primary N) is 2. The summed E-state index contributed by atoms with van der Waals surface area (Å²) in [6.07, 6.45) is 0. The van der Waals surface area contributed by atoms with Crippen molar-refractivity contribution in [3.05, 3.63) is 34.4 Å². The molecule has 1 aromatic heterocycles. The number of anilines is 3. The predicted octanol–water partition coefficient (Wildman–Crippen LogP) is 2.55. The summed E-state index contributed by atoms with van der Waals surface area (Å²) in [7, 11) is 0. The molecule has 0 amide bonds. The molecule has 2 aromatic rings. The lowest BCUT2D eigenvalue weighted by molar-refractivity contribution is 0.391. The minimum Gasteiger partial charge on any atom is -0.397 e. The average molecular weight is 271 g/mol. The van der Waals surface area contributed by atoms with E-state index in [1.807, 2.05) is 0 Å². The van der Waals surface area contributed by atoms with Gasteiger partial charge in [0.15, 0.2) is 5.82 Å². The van der Waals surface area contributed by atoms with Gasteiger partial charge in [0.1, 0.15) is 16.5 Å². The van der Waals surface area contributed by atoms with Crippen LogP contribution in [0.5, 0.6) is 0 Å². The van der Waals surface area contributed by atoms with Crippen LogP contribution in [0.3, 0.4) is 0 Å². The van der Waals surface area contributed by atoms with Crippen molar-refractivity contribution in [1.82, 2.24) is 5.16 Å². The van der Waals surface area contributed by atoms with E-state index in [9.17, 15) is 4.39 Å². The van der Waals surface area contributed by atoms with Gasteiger partial charge >= 0.3 is 0 Å². The van der Waals surface area contributed by atoms with Crippen LogP contribution in [0.4, 0.5) is 21.5 Å². The number of aromatic nitrogens is 1. The van der Waals surface area contributed by atoms with Gasteiger partial charge in [-0.15, -0.1) is 0 Å². The Kier molecular flexibility index (Phi) is 3.29. The molecule has 0 aliphatic carbocycles. The van der Waals surface area contributed by atoms with Gasteiger partial charge in [-0.3, -0.25) is 0 Å². The normalized spacial score (nSPS) is 10.6. The van der Waals surface area contributed by atoms with Crippen molar-refractivity contribution in [3.63, 3.8) is 0 Å². The molecule has 0 saturated heterocycles. The first-order chi connectivity index (χ1) is 8.49. The van der Waals surface area contributed by atoms with Crippen molar-refractivity contribution in [2.45, 2.75) is 13.5 Å². The number of nitrogens with one attached hydrogen (secondary N) is 1. The van der Waals surface area contributed by atoms with Gasteiger partial charge in [-0.25, -0.2) is 4.39 Å². The fraction of sp³-hybridized carbons (Fsp3) is 0.182. The summed E-state index contributed by atoms with van der Waals surface area (Å²) in [5.74, 6) is 0.00460. The third-order valence-electron chi connectivity index (χ3n) is 2.39. The van der Waals surface area contributed by atoms with Crippen LogP contribution in [0.25, 0.3) is 0 Å². The van der Waals surface area contributed by atoms with Crippen molar-refractivity contribution in [2.24, 2.45) is 0 Å². The first-order valence-corrected chi connectivity index (χ1v) is 5.56. The van der Waals surface area contributed by atoms with E-state index in [2.05, 4.69) is 10.5 Å². The summed E-state index contributed by atoms with van der Waals surface area (Å²) in [5, 5.41) is 6.44. The molecule has 5 nitrogen and oxygen atoms in total. The van der Waals surface area contributed by atoms with Crippen LogP contribution in [0.15, 0.2) is 16.7 Å². The molecule has 0 saturated carbocycles. The first-order valence-electron chi connectivity index (χ1n) is 5.18. The SMILES string of the molecule is Cc1cc(CNc2c(N)cc(N)c(Cl)c2F)no1. The number of rotatable bonds is 3. The smallest absolute Gasteiger partial charge is 0.169 e. The lowest BCUT2D eigenvalue weighted by Crippen LogP contribution is -2.06. The number of hydrogen-bond donors (Lipinski definition) is 3. The van der Waals surface area contributed by atoms with Crippen molar-refractivity contribution >= 4 is 28.7 Å². The molecule has 0 fully saturated rings. The van der Waals surface area contributed by atoms with Crippen molar-refractivity contribution < 1.29 is 8.91 Å². The molecule has 0 unspecified atom stereocenters. The molecule has 0 radical (unpaired) electrons. The highest BCUT2D eigenvalue weighted by molar-refractivity contribution is 6.33. The van der Waals surface area contributed by atoms with Crippen LogP contribution in [-0.4, -0.2) is 5.16 Å². The molecular formula is C11H12ClFN4O. The molecule has 5 N–H and O–H groups in total. The van der Waals surface area contributed by atoms with Crippen molar-refractivity contribution in [1.29, 1.82) is 0 Å². The van der Waals surface area contributed by atoms with E-state index in [-0.39, 0.29) is 28.6 Å². The Morgan fingerprint density at radius 2 is 2.11 bits per heavy atom. The Hall–Kier alpha value is -1.95. The standard InChI is InChI=1S/C11H12ClFN4O/c1-5-2-6(17-18-5)4-16-11-8(15)3-7(14)9(12)10(11)13/h2-3,16H,4,14-15H2,1H3. The Morgan fingerprint density at radius 3 is 2.72 bits per heavy atom. The monoisotopic (exact) mass is 270 g/mol. The van der Waals surface area contributed by atoms with Gasteiger partial charge < -0.3 is 21.3 Å². The van der Waals surface area contributed by atoms with Crippen LogP contribution >= 0.6 is 11.6 Å². The summed E-state index contributed by atoms with van der Waals surface area (Å²) in [4.78, 5) is 0. The zero-order chi connectivity index (χ0) is 13.3. The van der Waals surface area contributed by atoms with Crippen LogP contribution in [0.1, 0.15) is 11.5 Å². The Balaban J connectivity index is 2.22. The highest BCUT2D eigenvalue weighted by atomic mass is 35.5. The van der Waals surface area contributed by atoms with Crippen LogP contribution in [0.2, 0.25) is 5.02 Å². The highest BCUT2D eigenvalue weighted by Gasteiger charge is 2.14. The van der Waals surface area contributed by atoms with Crippen LogP contribution < -0.4 is 16.8 Å². The number of hydrogen-bond acceptors (Lipinski definition) is 5. The van der Waals surface area contributed by atoms with Gasteiger partial charge in [-0.05, 0) is 13.0 Å². The lowest BCUT2D eigenvalue weighted by Gasteiger charge is -2.11. The molecule has 2 rings (SSSR count). The minimum absolute atomic E-state index is 0.106. The molecule has 1 heterocycles. The molecule has 0 bridgehead atoms. The lowest BCUT2D eigenvalue weighted by atomic mass is 10.2. The van der Waals surface area contributed by atoms with E-state index in [4.69, 9.17) is 27.6 Å². The summed E-state index contributed by atoms with van der Waals surface area (Å²) in [5.41, 5.74) is 12.2. The molecule has 0 spiro atoms. The Morgan fingerprint density at radius 1 is 1.39 bits per heavy atom. The topological polar surface area (TPSA) is 90.1 Å². The van der Waals surface area contributed by atoms with E-state index in [0.717, 1.165) is 0 Å². The summed E-state index contributed by atoms with van der Waals surface area (Å²) in [6, 6.07) is 3.14. The van der Waals surface area contributed by atoms with Crippen molar-refractivity contribution in [3.8, 4) is 0 Å². The maximum absolute atomic E-state index is 13.8. The molecule has 18 heavy (non-hydrogen) atoms. The average Bonchev–Trinajstić information content (AvgIpc) is 2.72. The van der Waals surface area contributed by atoms with E-state index < -0.39 is 5.82 Å². The predicted molar refractivity (Wildman–Crippen MR) is 68.8 cm³/mol. The number of halogens is 2. The number of nitrogens with zero attached hydrogens (tertiary/aromatic N) is 1. The van der Waals surface area contributed by atoms with Gasteiger partial charge in [0.25, 0.3) is 0 Å². The summed E-state index contributed by atoms with van der Waals surface area (Å²) in [6.45, 7) is 2.05. The molecule has 7 heteroatoms. The largest absolute Gasteiger partial charge is 0.397 e. The number of nitrogen functional groups attached to an aromatic ring is 2. The number of aryl methyl sites for hydroxylation is 1. The third kappa shape index (κ3) is 2.33. The van der Waals surface area contributed by atoms with Gasteiger partial charge in [0.2, 0.25) is 0 Å². The second kappa shape index (κ2) is 4.73. The number of benzene rings is 1. The molecular weight excluding hydrogens is 259 g/mol. The second-order valence-electron chi connectivity index (χ2n) is 3.84. The fourth-order valence-electron chi connectivity index (χ4n) is 1.53. The second-order valence-corrected chi connectivity index (χ2v) is 4.22. The maximum Gasteiger partial charge on any atom is 0.169 e. The van der Waals surface area contributed by atoms with Crippen LogP contribution in [-0.2, 0) is 6.54 Å². The maximum atomic E-state index is 13.8. The van der Waals surface area contributed by atoms with Gasteiger partial charge in [-0.1, -0.05) is 16.8 Å². The molecule has 96 valence electrons. The molecule has 0 aliphatic heterocycles. The third-order valence-corrected chi connectivity index (χ3v) is 2.77. The highest BCUT2D eigenvalue weighted by Crippen LogP contribution is 2.33. The Bertz CT molecular complexity index is 585. The summed E-state index contributed by atoms with van der Waals surface area (Å²) >= 11 is 5.71. The van der Waals surface area contributed by atoms with Gasteiger partial charge in [0.05, 0.1) is 23.6 Å². The van der Waals surface area contributed by atoms with Gasteiger partial charge in [0, 0.05) is 6.07 Å². The van der Waals surface area contributed by atoms with Crippen LogP contribution in [0, 0.1) is 12.7 Å². The quantitative estimate of drug-likeness (QED) is 0.746. The van der Waals surface area contributed by atoms with E-state index in [1.165, 1.54) is 6.07 Å². The Labute approximate surface area is 108 Å². The molecule has 0 aliphatic rings.